The number of aryl methyl sites for hydroxylation is 1. The molecule has 146 valence electrons. The summed E-state index contributed by atoms with van der Waals surface area (Å²) < 4.78 is 11.8. The van der Waals surface area contributed by atoms with Crippen LogP contribution in [-0.4, -0.2) is 46.7 Å². The Morgan fingerprint density at radius 2 is 2.00 bits per heavy atom. The molecule has 1 amide bonds. The molecular formula is C19H21N5O4. The molecular weight excluding hydrogens is 362 g/mol. The van der Waals surface area contributed by atoms with Crippen molar-refractivity contribution in [2.45, 2.75) is 20.0 Å². The molecule has 0 unspecified atom stereocenters. The third-order valence-electron chi connectivity index (χ3n) is 4.54. The van der Waals surface area contributed by atoms with Crippen LogP contribution in [-0.2, 0) is 22.6 Å². The molecule has 0 aliphatic carbocycles. The van der Waals surface area contributed by atoms with Gasteiger partial charge in [-0.25, -0.2) is 14.8 Å². The van der Waals surface area contributed by atoms with Gasteiger partial charge < -0.3 is 19.4 Å². The Bertz CT molecular complexity index is 1050. The number of ether oxygens (including phenoxy) is 1. The fraction of sp³-hybridized carbons (Fsp3) is 0.368. The van der Waals surface area contributed by atoms with E-state index in [1.54, 1.807) is 24.3 Å². The number of benzene rings is 1. The van der Waals surface area contributed by atoms with Crippen molar-refractivity contribution in [3.63, 3.8) is 0 Å². The van der Waals surface area contributed by atoms with Gasteiger partial charge in [0.1, 0.15) is 18.2 Å². The first-order valence-corrected chi connectivity index (χ1v) is 9.12. The van der Waals surface area contributed by atoms with Gasteiger partial charge in [-0.1, -0.05) is 12.1 Å². The van der Waals surface area contributed by atoms with E-state index in [1.807, 2.05) is 13.0 Å². The van der Waals surface area contributed by atoms with Crippen LogP contribution >= 0.6 is 0 Å². The number of para-hydroxylation sites is 2. The number of carbonyl (C=O) groups is 1. The van der Waals surface area contributed by atoms with Gasteiger partial charge in [-0.05, 0) is 19.1 Å². The van der Waals surface area contributed by atoms with Crippen molar-refractivity contribution in [2.75, 3.05) is 31.2 Å². The number of anilines is 1. The van der Waals surface area contributed by atoms with E-state index in [0.29, 0.717) is 30.1 Å². The molecule has 4 rings (SSSR count). The number of nitrogens with zero attached hydrogens (tertiary/aromatic N) is 4. The molecule has 9 heteroatoms. The van der Waals surface area contributed by atoms with Crippen LogP contribution in [0.1, 0.15) is 11.5 Å². The highest BCUT2D eigenvalue weighted by molar-refractivity contribution is 5.79. The second kappa shape index (κ2) is 7.81. The van der Waals surface area contributed by atoms with Crippen molar-refractivity contribution in [1.29, 1.82) is 0 Å². The van der Waals surface area contributed by atoms with Gasteiger partial charge in [0.25, 0.3) is 0 Å². The number of nitrogens with one attached hydrogen (secondary N) is 1. The molecule has 2 aromatic heterocycles. The van der Waals surface area contributed by atoms with Gasteiger partial charge in [-0.2, -0.15) is 0 Å². The quantitative estimate of drug-likeness (QED) is 0.697. The summed E-state index contributed by atoms with van der Waals surface area (Å²) >= 11 is 0. The summed E-state index contributed by atoms with van der Waals surface area (Å²) in [6.45, 7) is 4.84. The molecule has 1 fully saturated rings. The summed E-state index contributed by atoms with van der Waals surface area (Å²) in [5, 5.41) is 2.78. The van der Waals surface area contributed by atoms with E-state index >= 15 is 0 Å². The van der Waals surface area contributed by atoms with E-state index in [1.165, 1.54) is 4.57 Å². The SMILES string of the molecule is Cc1cc(N2CCOCC2)nc(CNC(=O)Cn2c(=O)oc3ccccc32)n1. The molecule has 1 saturated heterocycles. The topological polar surface area (TPSA) is 102 Å². The summed E-state index contributed by atoms with van der Waals surface area (Å²) in [5.41, 5.74) is 1.87. The first-order valence-electron chi connectivity index (χ1n) is 9.12. The first-order chi connectivity index (χ1) is 13.6. The summed E-state index contributed by atoms with van der Waals surface area (Å²) in [5.74, 6) is 0.487. The standard InChI is InChI=1S/C19H21N5O4/c1-13-10-17(23-6-8-27-9-7-23)22-16(21-13)11-20-18(25)12-24-14-4-2-3-5-15(14)28-19(24)26/h2-5,10H,6-9,11-12H2,1H3,(H,20,25). The van der Waals surface area contributed by atoms with E-state index in [9.17, 15) is 9.59 Å². The Hall–Kier alpha value is -3.20. The minimum atomic E-state index is -0.558. The lowest BCUT2D eigenvalue weighted by atomic mass is 10.3. The largest absolute Gasteiger partial charge is 0.420 e. The maximum atomic E-state index is 12.4. The molecule has 1 aliphatic rings. The minimum Gasteiger partial charge on any atom is -0.408 e. The summed E-state index contributed by atoms with van der Waals surface area (Å²) in [6.07, 6.45) is 0. The van der Waals surface area contributed by atoms with E-state index in [2.05, 4.69) is 20.2 Å². The fourth-order valence-corrected chi connectivity index (χ4v) is 3.19. The third-order valence-corrected chi connectivity index (χ3v) is 4.54. The molecule has 1 aromatic carbocycles. The van der Waals surface area contributed by atoms with E-state index in [-0.39, 0.29) is 19.0 Å². The monoisotopic (exact) mass is 383 g/mol. The van der Waals surface area contributed by atoms with Crippen LogP contribution in [0.2, 0.25) is 0 Å². The highest BCUT2D eigenvalue weighted by atomic mass is 16.5. The maximum Gasteiger partial charge on any atom is 0.420 e. The van der Waals surface area contributed by atoms with Crippen molar-refractivity contribution in [2.24, 2.45) is 0 Å². The predicted octanol–water partition coefficient (Wildman–Crippen LogP) is 0.846. The Morgan fingerprint density at radius 3 is 2.82 bits per heavy atom. The average molecular weight is 383 g/mol. The number of fused-ring (bicyclic) bond motifs is 1. The van der Waals surface area contributed by atoms with Gasteiger partial charge in [-0.15, -0.1) is 0 Å². The van der Waals surface area contributed by atoms with E-state index in [0.717, 1.165) is 24.6 Å². The highest BCUT2D eigenvalue weighted by Crippen LogP contribution is 2.14. The second-order valence-corrected chi connectivity index (χ2v) is 6.58. The van der Waals surface area contributed by atoms with Gasteiger partial charge in [0.15, 0.2) is 5.58 Å². The molecule has 9 nitrogen and oxygen atoms in total. The number of morpholine rings is 1. The third kappa shape index (κ3) is 3.89. The van der Waals surface area contributed by atoms with E-state index < -0.39 is 5.76 Å². The van der Waals surface area contributed by atoms with Crippen molar-refractivity contribution in [3.05, 3.63) is 52.4 Å². The van der Waals surface area contributed by atoms with E-state index in [4.69, 9.17) is 9.15 Å². The zero-order chi connectivity index (χ0) is 19.5. The number of carbonyl (C=O) groups excluding carboxylic acids is 1. The molecule has 0 atom stereocenters. The second-order valence-electron chi connectivity index (χ2n) is 6.58. The number of rotatable bonds is 5. The predicted molar refractivity (Wildman–Crippen MR) is 102 cm³/mol. The van der Waals surface area contributed by atoms with Crippen molar-refractivity contribution in [1.82, 2.24) is 19.9 Å². The number of amides is 1. The van der Waals surface area contributed by atoms with Crippen LogP contribution < -0.4 is 16.0 Å². The molecule has 1 N–H and O–H groups in total. The smallest absolute Gasteiger partial charge is 0.408 e. The van der Waals surface area contributed by atoms with Gasteiger partial charge in [-0.3, -0.25) is 9.36 Å². The summed E-state index contributed by atoms with van der Waals surface area (Å²) in [7, 11) is 0. The Morgan fingerprint density at radius 1 is 1.21 bits per heavy atom. The van der Waals surface area contributed by atoms with Crippen LogP contribution in [0.4, 0.5) is 5.82 Å². The van der Waals surface area contributed by atoms with Crippen LogP contribution in [0.25, 0.3) is 11.1 Å². The zero-order valence-electron chi connectivity index (χ0n) is 15.6. The lowest BCUT2D eigenvalue weighted by Gasteiger charge is -2.28. The maximum absolute atomic E-state index is 12.4. The van der Waals surface area contributed by atoms with Crippen LogP contribution in [0, 0.1) is 6.92 Å². The molecule has 0 bridgehead atoms. The van der Waals surface area contributed by atoms with Crippen LogP contribution in [0.15, 0.2) is 39.5 Å². The number of hydrogen-bond acceptors (Lipinski definition) is 7. The Kier molecular flexibility index (Phi) is 5.07. The molecule has 28 heavy (non-hydrogen) atoms. The van der Waals surface area contributed by atoms with Crippen LogP contribution in [0.5, 0.6) is 0 Å². The molecule has 0 radical (unpaired) electrons. The lowest BCUT2D eigenvalue weighted by molar-refractivity contribution is -0.121. The van der Waals surface area contributed by atoms with Gasteiger partial charge >= 0.3 is 5.76 Å². The Labute approximate surface area is 160 Å². The summed E-state index contributed by atoms with van der Waals surface area (Å²) in [6, 6.07) is 8.93. The lowest BCUT2D eigenvalue weighted by Crippen LogP contribution is -2.37. The minimum absolute atomic E-state index is 0.127. The first kappa shape index (κ1) is 18.2. The van der Waals surface area contributed by atoms with Crippen molar-refractivity contribution < 1.29 is 13.9 Å². The van der Waals surface area contributed by atoms with Gasteiger partial charge in [0, 0.05) is 24.8 Å². The molecule has 3 aromatic rings. The number of oxazole rings is 1. The average Bonchev–Trinajstić information content (AvgIpc) is 3.02. The summed E-state index contributed by atoms with van der Waals surface area (Å²) in [4.78, 5) is 35.4. The van der Waals surface area contributed by atoms with Gasteiger partial charge in [0.05, 0.1) is 25.3 Å². The highest BCUT2D eigenvalue weighted by Gasteiger charge is 2.15. The molecule has 0 saturated carbocycles. The van der Waals surface area contributed by atoms with Crippen molar-refractivity contribution >= 4 is 22.8 Å². The Balaban J connectivity index is 1.44. The fourth-order valence-electron chi connectivity index (χ4n) is 3.19. The zero-order valence-corrected chi connectivity index (χ0v) is 15.6. The number of aromatic nitrogens is 3. The normalized spacial score (nSPS) is 14.4. The van der Waals surface area contributed by atoms with Gasteiger partial charge in [0.2, 0.25) is 5.91 Å². The van der Waals surface area contributed by atoms with Crippen molar-refractivity contribution in [3.8, 4) is 0 Å². The number of hydrogen-bond donors (Lipinski definition) is 1. The molecule has 3 heterocycles. The van der Waals surface area contributed by atoms with Crippen LogP contribution in [0.3, 0.4) is 0 Å². The molecule has 1 aliphatic heterocycles. The molecule has 0 spiro atoms.